The molecule has 0 saturated heterocycles. The topological polar surface area (TPSA) is 47.3 Å². The van der Waals surface area contributed by atoms with Crippen LogP contribution in [0.1, 0.15) is 42.9 Å². The normalized spacial score (nSPS) is 33.2. The third-order valence-electron chi connectivity index (χ3n) is 5.34. The largest absolute Gasteiger partial charge is 0.493 e. The second-order valence-corrected chi connectivity index (χ2v) is 6.27. The highest BCUT2D eigenvalue weighted by atomic mass is 16.5. The van der Waals surface area contributed by atoms with Gasteiger partial charge in [0.15, 0.2) is 0 Å². The van der Waals surface area contributed by atoms with Crippen LogP contribution in [0.5, 0.6) is 5.75 Å². The fourth-order valence-corrected chi connectivity index (χ4v) is 4.44. The molecule has 1 aromatic rings. The highest BCUT2D eigenvalue weighted by Crippen LogP contribution is 2.62. The van der Waals surface area contributed by atoms with Crippen LogP contribution in [0.3, 0.4) is 0 Å². The summed E-state index contributed by atoms with van der Waals surface area (Å²) >= 11 is 0. The molecule has 0 bridgehead atoms. The van der Waals surface area contributed by atoms with Crippen LogP contribution in [0.2, 0.25) is 0 Å². The van der Waals surface area contributed by atoms with Gasteiger partial charge in [-0.15, -0.1) is 0 Å². The molecule has 102 valence electrons. The van der Waals surface area contributed by atoms with Crippen molar-refractivity contribution in [1.29, 1.82) is 0 Å². The number of nitrogens with one attached hydrogen (secondary N) is 1. The Kier molecular flexibility index (Phi) is 2.78. The van der Waals surface area contributed by atoms with Crippen LogP contribution < -0.4 is 16.0 Å². The van der Waals surface area contributed by atoms with E-state index in [2.05, 4.69) is 23.6 Å². The predicted molar refractivity (Wildman–Crippen MR) is 74.6 cm³/mol. The van der Waals surface area contributed by atoms with E-state index >= 15 is 0 Å². The molecule has 2 saturated carbocycles. The van der Waals surface area contributed by atoms with Crippen LogP contribution in [-0.4, -0.2) is 6.61 Å². The first-order valence-corrected chi connectivity index (χ1v) is 7.61. The SMILES string of the molecule is NNC(c1cccc2c1OCCC2)C1C2CCCC21. The van der Waals surface area contributed by atoms with Crippen molar-refractivity contribution >= 4 is 0 Å². The standard InChI is InChI=1S/C16H22N2O/c17-18-15(14-11-6-2-7-12(11)14)13-8-1-4-10-5-3-9-19-16(10)13/h1,4,8,11-12,14-15,18H,2-3,5-7,9,17H2. The van der Waals surface area contributed by atoms with Gasteiger partial charge in [-0.05, 0) is 49.0 Å². The molecule has 3 heteroatoms. The van der Waals surface area contributed by atoms with E-state index in [1.807, 2.05) is 0 Å². The lowest BCUT2D eigenvalue weighted by Crippen LogP contribution is -2.31. The Morgan fingerprint density at radius 1 is 1.21 bits per heavy atom. The third kappa shape index (κ3) is 1.79. The van der Waals surface area contributed by atoms with Crippen molar-refractivity contribution in [2.75, 3.05) is 6.61 Å². The minimum Gasteiger partial charge on any atom is -0.493 e. The molecule has 1 heterocycles. The van der Waals surface area contributed by atoms with Gasteiger partial charge in [-0.25, -0.2) is 0 Å². The average Bonchev–Trinajstić information content (AvgIpc) is 2.93. The van der Waals surface area contributed by atoms with Gasteiger partial charge in [0, 0.05) is 5.56 Å². The number of rotatable bonds is 3. The summed E-state index contributed by atoms with van der Waals surface area (Å²) in [5.41, 5.74) is 5.73. The van der Waals surface area contributed by atoms with Gasteiger partial charge in [-0.3, -0.25) is 11.3 Å². The summed E-state index contributed by atoms with van der Waals surface area (Å²) in [7, 11) is 0. The van der Waals surface area contributed by atoms with Gasteiger partial charge in [0.2, 0.25) is 0 Å². The summed E-state index contributed by atoms with van der Waals surface area (Å²) in [6, 6.07) is 6.83. The molecule has 3 N–H and O–H groups in total. The molecule has 0 spiro atoms. The van der Waals surface area contributed by atoms with Crippen LogP contribution in [0, 0.1) is 17.8 Å². The molecule has 3 nitrogen and oxygen atoms in total. The number of aryl methyl sites for hydroxylation is 1. The van der Waals surface area contributed by atoms with Crippen molar-refractivity contribution in [3.63, 3.8) is 0 Å². The van der Waals surface area contributed by atoms with Crippen LogP contribution in [-0.2, 0) is 6.42 Å². The number of hydrogen-bond acceptors (Lipinski definition) is 3. The van der Waals surface area contributed by atoms with Crippen LogP contribution in [0.4, 0.5) is 0 Å². The second kappa shape index (κ2) is 4.50. The fourth-order valence-electron chi connectivity index (χ4n) is 4.44. The Hall–Kier alpha value is -1.06. The predicted octanol–water partition coefficient (Wildman–Crippen LogP) is 2.56. The van der Waals surface area contributed by atoms with E-state index in [9.17, 15) is 0 Å². The van der Waals surface area contributed by atoms with Crippen molar-refractivity contribution < 1.29 is 4.74 Å². The molecule has 19 heavy (non-hydrogen) atoms. The smallest absolute Gasteiger partial charge is 0.127 e. The first-order valence-electron chi connectivity index (χ1n) is 7.61. The van der Waals surface area contributed by atoms with E-state index in [0.717, 1.165) is 43.0 Å². The molecular formula is C16H22N2O. The summed E-state index contributed by atoms with van der Waals surface area (Å²) in [5, 5.41) is 0. The van der Waals surface area contributed by atoms with Crippen molar-refractivity contribution in [2.24, 2.45) is 23.6 Å². The molecule has 1 aliphatic heterocycles. The van der Waals surface area contributed by atoms with E-state index in [-0.39, 0.29) is 6.04 Å². The zero-order valence-corrected chi connectivity index (χ0v) is 11.3. The maximum Gasteiger partial charge on any atom is 0.127 e. The lowest BCUT2D eigenvalue weighted by Gasteiger charge is -2.25. The Balaban J connectivity index is 1.67. The Morgan fingerprint density at radius 3 is 2.84 bits per heavy atom. The van der Waals surface area contributed by atoms with E-state index in [0.29, 0.717) is 0 Å². The molecule has 2 fully saturated rings. The number of ether oxygens (including phenoxy) is 1. The third-order valence-corrected chi connectivity index (χ3v) is 5.34. The monoisotopic (exact) mass is 258 g/mol. The van der Waals surface area contributed by atoms with E-state index in [1.54, 1.807) is 0 Å². The number of hydrogen-bond donors (Lipinski definition) is 2. The maximum absolute atomic E-state index is 5.94. The maximum atomic E-state index is 5.94. The number of para-hydroxylation sites is 1. The van der Waals surface area contributed by atoms with Gasteiger partial charge in [0.05, 0.1) is 12.6 Å². The first-order chi connectivity index (χ1) is 9.40. The van der Waals surface area contributed by atoms with E-state index < -0.39 is 0 Å². The van der Waals surface area contributed by atoms with E-state index in [1.165, 1.54) is 30.4 Å². The highest BCUT2D eigenvalue weighted by molar-refractivity contribution is 5.45. The van der Waals surface area contributed by atoms with Crippen molar-refractivity contribution in [3.8, 4) is 5.75 Å². The Labute approximate surface area is 114 Å². The Bertz CT molecular complexity index is 478. The van der Waals surface area contributed by atoms with Gasteiger partial charge in [-0.1, -0.05) is 24.6 Å². The molecule has 0 aromatic heterocycles. The second-order valence-electron chi connectivity index (χ2n) is 6.27. The number of benzene rings is 1. The van der Waals surface area contributed by atoms with Crippen LogP contribution >= 0.6 is 0 Å². The molecular weight excluding hydrogens is 236 g/mol. The zero-order valence-electron chi connectivity index (χ0n) is 11.3. The molecule has 0 amide bonds. The summed E-state index contributed by atoms with van der Waals surface area (Å²) in [4.78, 5) is 0. The van der Waals surface area contributed by atoms with Gasteiger partial charge >= 0.3 is 0 Å². The van der Waals surface area contributed by atoms with Gasteiger partial charge < -0.3 is 4.74 Å². The quantitative estimate of drug-likeness (QED) is 0.647. The number of fused-ring (bicyclic) bond motifs is 2. The van der Waals surface area contributed by atoms with Gasteiger partial charge in [0.1, 0.15) is 5.75 Å². The summed E-state index contributed by atoms with van der Waals surface area (Å²) in [5.74, 6) is 9.53. The lowest BCUT2D eigenvalue weighted by atomic mass is 9.93. The summed E-state index contributed by atoms with van der Waals surface area (Å²) < 4.78 is 5.94. The highest BCUT2D eigenvalue weighted by Gasteiger charge is 2.56. The number of nitrogens with two attached hydrogens (primary N) is 1. The zero-order chi connectivity index (χ0) is 12.8. The lowest BCUT2D eigenvalue weighted by molar-refractivity contribution is 0.278. The van der Waals surface area contributed by atoms with Crippen molar-refractivity contribution in [1.82, 2.24) is 5.43 Å². The summed E-state index contributed by atoms with van der Waals surface area (Å²) in [6.07, 6.45) is 6.46. The fraction of sp³-hybridized carbons (Fsp3) is 0.625. The molecule has 3 unspecified atom stereocenters. The minimum atomic E-state index is 0.281. The first kappa shape index (κ1) is 11.7. The average molecular weight is 258 g/mol. The Morgan fingerprint density at radius 2 is 2.05 bits per heavy atom. The molecule has 0 radical (unpaired) electrons. The van der Waals surface area contributed by atoms with E-state index in [4.69, 9.17) is 10.6 Å². The van der Waals surface area contributed by atoms with Gasteiger partial charge in [0.25, 0.3) is 0 Å². The van der Waals surface area contributed by atoms with Crippen molar-refractivity contribution in [2.45, 2.75) is 38.1 Å². The van der Waals surface area contributed by atoms with Crippen LogP contribution in [0.15, 0.2) is 18.2 Å². The molecule has 2 aliphatic carbocycles. The molecule has 1 aromatic carbocycles. The van der Waals surface area contributed by atoms with Gasteiger partial charge in [-0.2, -0.15) is 0 Å². The minimum absolute atomic E-state index is 0.281. The number of hydrazine groups is 1. The summed E-state index contributed by atoms with van der Waals surface area (Å²) in [6.45, 7) is 0.846. The molecule has 3 aliphatic rings. The molecule has 4 rings (SSSR count). The van der Waals surface area contributed by atoms with Crippen molar-refractivity contribution in [3.05, 3.63) is 29.3 Å². The molecule has 3 atom stereocenters. The van der Waals surface area contributed by atoms with Crippen LogP contribution in [0.25, 0.3) is 0 Å².